The molecule has 0 heterocycles. The Labute approximate surface area is 103 Å². The van der Waals surface area contributed by atoms with E-state index < -0.39 is 0 Å². The van der Waals surface area contributed by atoms with Crippen LogP contribution in [0.5, 0.6) is 0 Å². The zero-order chi connectivity index (χ0) is 12.3. The Bertz CT molecular complexity index is 419. The average Bonchev–Trinajstić information content (AvgIpc) is 3.12. The Hall–Kier alpha value is -1.51. The first kappa shape index (κ1) is 12.0. The minimum absolute atomic E-state index is 0.331. The van der Waals surface area contributed by atoms with Crippen molar-refractivity contribution in [3.63, 3.8) is 0 Å². The van der Waals surface area contributed by atoms with Gasteiger partial charge in [0, 0.05) is 26.1 Å². The molecule has 2 rings (SSSR count). The third kappa shape index (κ3) is 2.43. The molecule has 0 aliphatic heterocycles. The highest BCUT2D eigenvalue weighted by molar-refractivity contribution is 5.79. The second-order valence-electron chi connectivity index (χ2n) is 4.77. The highest BCUT2D eigenvalue weighted by atomic mass is 15.2. The third-order valence-corrected chi connectivity index (χ3v) is 3.62. The van der Waals surface area contributed by atoms with Gasteiger partial charge in [0.25, 0.3) is 0 Å². The number of nitrogens with zero attached hydrogens (tertiary/aromatic N) is 1. The fraction of sp³-hybridized carbons (Fsp3) is 0.500. The molecule has 92 valence electrons. The van der Waals surface area contributed by atoms with Gasteiger partial charge in [0.2, 0.25) is 0 Å². The standard InChI is InChI=1S/C14H21N3/c1-11-6-4-5-7-12(11)14(8-9-14)10-17-13(15-2)16-3/h4-7H,8-10H2,1-3H3,(H2,15,16,17). The summed E-state index contributed by atoms with van der Waals surface area (Å²) in [5.74, 6) is 0.866. The van der Waals surface area contributed by atoms with Gasteiger partial charge in [-0.1, -0.05) is 24.3 Å². The van der Waals surface area contributed by atoms with E-state index in [1.165, 1.54) is 24.0 Å². The zero-order valence-corrected chi connectivity index (χ0v) is 10.9. The van der Waals surface area contributed by atoms with Gasteiger partial charge in [-0.3, -0.25) is 4.99 Å². The van der Waals surface area contributed by atoms with Crippen LogP contribution in [0.2, 0.25) is 0 Å². The topological polar surface area (TPSA) is 36.4 Å². The fourth-order valence-electron chi connectivity index (χ4n) is 2.39. The minimum Gasteiger partial charge on any atom is -0.359 e. The zero-order valence-electron chi connectivity index (χ0n) is 10.9. The van der Waals surface area contributed by atoms with E-state index in [-0.39, 0.29) is 0 Å². The molecule has 0 bridgehead atoms. The van der Waals surface area contributed by atoms with Crippen LogP contribution in [0, 0.1) is 6.92 Å². The number of rotatable bonds is 3. The maximum absolute atomic E-state index is 4.15. The molecule has 0 radical (unpaired) electrons. The van der Waals surface area contributed by atoms with Crippen LogP contribution < -0.4 is 10.6 Å². The van der Waals surface area contributed by atoms with E-state index in [0.29, 0.717) is 5.41 Å². The third-order valence-electron chi connectivity index (χ3n) is 3.62. The molecule has 0 spiro atoms. The minimum atomic E-state index is 0.331. The summed E-state index contributed by atoms with van der Waals surface area (Å²) in [6.07, 6.45) is 2.54. The van der Waals surface area contributed by atoms with Crippen molar-refractivity contribution >= 4 is 5.96 Å². The molecule has 1 saturated carbocycles. The molecule has 3 heteroatoms. The Kier molecular flexibility index (Phi) is 3.36. The van der Waals surface area contributed by atoms with Crippen molar-refractivity contribution in [3.8, 4) is 0 Å². The van der Waals surface area contributed by atoms with Gasteiger partial charge in [-0.15, -0.1) is 0 Å². The molecule has 1 aliphatic carbocycles. The van der Waals surface area contributed by atoms with Crippen molar-refractivity contribution < 1.29 is 0 Å². The van der Waals surface area contributed by atoms with Crippen LogP contribution in [0.1, 0.15) is 24.0 Å². The van der Waals surface area contributed by atoms with Crippen molar-refractivity contribution in [3.05, 3.63) is 35.4 Å². The molecular formula is C14H21N3. The van der Waals surface area contributed by atoms with Crippen molar-refractivity contribution in [1.82, 2.24) is 10.6 Å². The molecule has 0 atom stereocenters. The van der Waals surface area contributed by atoms with E-state index in [9.17, 15) is 0 Å². The smallest absolute Gasteiger partial charge is 0.190 e. The van der Waals surface area contributed by atoms with E-state index in [0.717, 1.165) is 12.5 Å². The number of aliphatic imine (C=N–C) groups is 1. The van der Waals surface area contributed by atoms with Gasteiger partial charge in [-0.25, -0.2) is 0 Å². The molecule has 2 N–H and O–H groups in total. The molecule has 0 unspecified atom stereocenters. The summed E-state index contributed by atoms with van der Waals surface area (Å²) in [6, 6.07) is 8.69. The lowest BCUT2D eigenvalue weighted by Gasteiger charge is -2.20. The Morgan fingerprint density at radius 2 is 2.06 bits per heavy atom. The van der Waals surface area contributed by atoms with E-state index in [1.807, 2.05) is 7.05 Å². The Morgan fingerprint density at radius 1 is 1.35 bits per heavy atom. The maximum Gasteiger partial charge on any atom is 0.190 e. The summed E-state index contributed by atoms with van der Waals surface area (Å²) in [5, 5.41) is 6.44. The van der Waals surface area contributed by atoms with E-state index in [4.69, 9.17) is 0 Å². The molecule has 0 aromatic heterocycles. The fourth-order valence-corrected chi connectivity index (χ4v) is 2.39. The van der Waals surface area contributed by atoms with Gasteiger partial charge in [0.1, 0.15) is 0 Å². The van der Waals surface area contributed by atoms with Crippen LogP contribution in [-0.4, -0.2) is 26.6 Å². The summed E-state index contributed by atoms with van der Waals surface area (Å²) < 4.78 is 0. The first-order valence-corrected chi connectivity index (χ1v) is 6.16. The number of aryl methyl sites for hydroxylation is 1. The SMILES string of the molecule is CN=C(NC)NCC1(c2ccccc2C)CC1. The summed E-state index contributed by atoms with van der Waals surface area (Å²) in [5.41, 5.74) is 3.21. The van der Waals surface area contributed by atoms with Crippen molar-refractivity contribution in [2.75, 3.05) is 20.6 Å². The molecule has 1 fully saturated rings. The van der Waals surface area contributed by atoms with Gasteiger partial charge in [-0.05, 0) is 30.9 Å². The van der Waals surface area contributed by atoms with Crippen molar-refractivity contribution in [2.24, 2.45) is 4.99 Å². The van der Waals surface area contributed by atoms with Gasteiger partial charge in [0.15, 0.2) is 5.96 Å². The predicted molar refractivity (Wildman–Crippen MR) is 72.5 cm³/mol. The van der Waals surface area contributed by atoms with Crippen LogP contribution in [-0.2, 0) is 5.41 Å². The first-order chi connectivity index (χ1) is 8.22. The highest BCUT2D eigenvalue weighted by Crippen LogP contribution is 2.48. The highest BCUT2D eigenvalue weighted by Gasteiger charge is 2.44. The lowest BCUT2D eigenvalue weighted by Crippen LogP contribution is -2.39. The lowest BCUT2D eigenvalue weighted by molar-refractivity contribution is 0.647. The van der Waals surface area contributed by atoms with E-state index in [2.05, 4.69) is 46.8 Å². The number of hydrogen-bond acceptors (Lipinski definition) is 1. The summed E-state index contributed by atoms with van der Waals surface area (Å²) in [7, 11) is 3.69. The van der Waals surface area contributed by atoms with Crippen LogP contribution in [0.25, 0.3) is 0 Å². The number of hydrogen-bond donors (Lipinski definition) is 2. The largest absolute Gasteiger partial charge is 0.359 e. The Balaban J connectivity index is 2.08. The molecule has 17 heavy (non-hydrogen) atoms. The van der Waals surface area contributed by atoms with Crippen molar-refractivity contribution in [1.29, 1.82) is 0 Å². The number of nitrogens with one attached hydrogen (secondary N) is 2. The normalized spacial score (nSPS) is 17.7. The molecule has 3 nitrogen and oxygen atoms in total. The van der Waals surface area contributed by atoms with Crippen LogP contribution in [0.4, 0.5) is 0 Å². The number of benzene rings is 1. The molecular weight excluding hydrogens is 210 g/mol. The second kappa shape index (κ2) is 4.78. The van der Waals surface area contributed by atoms with Gasteiger partial charge in [0.05, 0.1) is 0 Å². The van der Waals surface area contributed by atoms with Crippen molar-refractivity contribution in [2.45, 2.75) is 25.2 Å². The van der Waals surface area contributed by atoms with Crippen LogP contribution >= 0.6 is 0 Å². The quantitative estimate of drug-likeness (QED) is 0.615. The summed E-state index contributed by atoms with van der Waals surface area (Å²) >= 11 is 0. The van der Waals surface area contributed by atoms with Gasteiger partial charge >= 0.3 is 0 Å². The molecule has 1 aliphatic rings. The monoisotopic (exact) mass is 231 g/mol. The first-order valence-electron chi connectivity index (χ1n) is 6.16. The summed E-state index contributed by atoms with van der Waals surface area (Å²) in [4.78, 5) is 4.15. The molecule has 1 aromatic carbocycles. The lowest BCUT2D eigenvalue weighted by atomic mass is 9.92. The molecule has 1 aromatic rings. The maximum atomic E-state index is 4.15. The second-order valence-corrected chi connectivity index (χ2v) is 4.77. The van der Waals surface area contributed by atoms with Crippen LogP contribution in [0.3, 0.4) is 0 Å². The summed E-state index contributed by atoms with van der Waals surface area (Å²) in [6.45, 7) is 3.16. The van der Waals surface area contributed by atoms with E-state index in [1.54, 1.807) is 7.05 Å². The van der Waals surface area contributed by atoms with Gasteiger partial charge in [-0.2, -0.15) is 0 Å². The predicted octanol–water partition coefficient (Wildman–Crippen LogP) is 1.82. The Morgan fingerprint density at radius 3 is 2.59 bits per heavy atom. The number of guanidine groups is 1. The molecule has 0 amide bonds. The van der Waals surface area contributed by atoms with Gasteiger partial charge < -0.3 is 10.6 Å². The van der Waals surface area contributed by atoms with Crippen LogP contribution in [0.15, 0.2) is 29.3 Å². The molecule has 0 saturated heterocycles. The van der Waals surface area contributed by atoms with E-state index >= 15 is 0 Å². The average molecular weight is 231 g/mol.